The maximum Gasteiger partial charge on any atom is 0.323 e. The van der Waals surface area contributed by atoms with Crippen LogP contribution in [0.15, 0.2) is 70.6 Å². The molecule has 0 saturated carbocycles. The number of benzene rings is 3. The molecule has 0 aromatic heterocycles. The molecule has 12 nitrogen and oxygen atoms in total. The third kappa shape index (κ3) is 8.07. The van der Waals surface area contributed by atoms with Gasteiger partial charge < -0.3 is 30.9 Å². The molecule has 1 unspecified atom stereocenters. The summed E-state index contributed by atoms with van der Waals surface area (Å²) in [6.45, 7) is -0.476. The van der Waals surface area contributed by atoms with Gasteiger partial charge in [-0.15, -0.1) is 0 Å². The van der Waals surface area contributed by atoms with Gasteiger partial charge in [-0.05, 0) is 53.4 Å². The number of aliphatic imine (C=N–C) groups is 1. The molecule has 0 aliphatic rings. The lowest BCUT2D eigenvalue weighted by molar-refractivity contribution is -0.145. The number of carbonyl (C=O) groups excluding carboxylic acids is 1. The van der Waals surface area contributed by atoms with Crippen molar-refractivity contribution in [1.82, 2.24) is 9.62 Å². The van der Waals surface area contributed by atoms with Gasteiger partial charge in [-0.2, -0.15) is 4.72 Å². The SMILES string of the molecule is COc1cc2ccc(S(=O)(=O)NC(CCCN=C(N)N)C(=O)N(CC(=O)O)Cc3ccccc3)cc2cc1OC. The smallest absolute Gasteiger partial charge is 0.323 e. The molecule has 0 heterocycles. The third-order valence-corrected chi connectivity index (χ3v) is 7.49. The van der Waals surface area contributed by atoms with Gasteiger partial charge >= 0.3 is 5.97 Å². The molecule has 1 atom stereocenters. The first kappa shape index (κ1) is 30.2. The Kier molecular flexibility index (Phi) is 10.3. The van der Waals surface area contributed by atoms with Gasteiger partial charge in [-0.3, -0.25) is 14.6 Å². The first-order valence-corrected chi connectivity index (χ1v) is 13.8. The van der Waals surface area contributed by atoms with E-state index in [4.69, 9.17) is 20.9 Å². The number of nitrogens with zero attached hydrogens (tertiary/aromatic N) is 2. The van der Waals surface area contributed by atoms with Crippen molar-refractivity contribution in [2.75, 3.05) is 27.3 Å². The molecule has 3 aromatic carbocycles. The van der Waals surface area contributed by atoms with E-state index in [0.29, 0.717) is 22.4 Å². The van der Waals surface area contributed by atoms with Crippen molar-refractivity contribution >= 4 is 38.6 Å². The minimum Gasteiger partial charge on any atom is -0.493 e. The molecule has 0 aliphatic carbocycles. The fourth-order valence-electron chi connectivity index (χ4n) is 4.11. The van der Waals surface area contributed by atoms with Crippen LogP contribution in [0.1, 0.15) is 18.4 Å². The van der Waals surface area contributed by atoms with Gasteiger partial charge in [0.25, 0.3) is 0 Å². The highest BCUT2D eigenvalue weighted by molar-refractivity contribution is 7.89. The lowest BCUT2D eigenvalue weighted by Gasteiger charge is -2.27. The number of nitrogens with one attached hydrogen (secondary N) is 1. The van der Waals surface area contributed by atoms with Crippen LogP contribution in [0.2, 0.25) is 0 Å². The summed E-state index contributed by atoms with van der Waals surface area (Å²) in [5.74, 6) is -1.14. The first-order valence-electron chi connectivity index (χ1n) is 12.3. The Morgan fingerprint density at radius 1 is 1.00 bits per heavy atom. The second-order valence-corrected chi connectivity index (χ2v) is 10.6. The number of carbonyl (C=O) groups is 2. The maximum atomic E-state index is 13.6. The van der Waals surface area contributed by atoms with E-state index >= 15 is 0 Å². The predicted octanol–water partition coefficient (Wildman–Crippen LogP) is 1.67. The number of carboxylic acids is 1. The lowest BCUT2D eigenvalue weighted by atomic mass is 10.1. The van der Waals surface area contributed by atoms with Crippen molar-refractivity contribution in [2.45, 2.75) is 30.3 Å². The molecular weight excluding hydrogens is 538 g/mol. The third-order valence-electron chi connectivity index (χ3n) is 6.02. The summed E-state index contributed by atoms with van der Waals surface area (Å²) in [6, 6.07) is 15.4. The standard InChI is InChI=1S/C27H33N5O7S/c1-38-23-14-19-10-11-21(13-20(19)15-24(23)39-2)40(36,37)31-22(9-6-12-30-27(28)29)26(35)32(17-25(33)34)16-18-7-4-3-5-8-18/h3-5,7-8,10-11,13-15,22,31H,6,9,12,16-17H2,1-2H3,(H,33,34)(H4,28,29,30). The summed E-state index contributed by atoms with van der Waals surface area (Å²) < 4.78 is 40.1. The fraction of sp³-hybridized carbons (Fsp3) is 0.296. The normalized spacial score (nSPS) is 11.9. The van der Waals surface area contributed by atoms with E-state index in [1.54, 1.807) is 48.5 Å². The van der Waals surface area contributed by atoms with Gasteiger partial charge in [0.2, 0.25) is 15.9 Å². The number of aliphatic carboxylic acids is 1. The number of nitrogens with two attached hydrogens (primary N) is 2. The molecule has 0 fully saturated rings. The summed E-state index contributed by atoms with van der Waals surface area (Å²) in [7, 11) is -1.24. The van der Waals surface area contributed by atoms with E-state index < -0.39 is 34.5 Å². The molecule has 0 spiro atoms. The largest absolute Gasteiger partial charge is 0.493 e. The molecule has 0 saturated heterocycles. The highest BCUT2D eigenvalue weighted by atomic mass is 32.2. The van der Waals surface area contributed by atoms with Gasteiger partial charge in [0.15, 0.2) is 17.5 Å². The van der Waals surface area contributed by atoms with Crippen LogP contribution in [0, 0.1) is 0 Å². The second-order valence-electron chi connectivity index (χ2n) is 8.91. The molecular formula is C27H33N5O7S. The van der Waals surface area contributed by atoms with Gasteiger partial charge in [-0.1, -0.05) is 36.4 Å². The van der Waals surface area contributed by atoms with Crippen LogP contribution < -0.4 is 25.7 Å². The monoisotopic (exact) mass is 571 g/mol. The molecule has 3 aromatic rings. The number of methoxy groups -OCH3 is 2. The number of hydrogen-bond donors (Lipinski definition) is 4. The number of rotatable bonds is 14. The minimum absolute atomic E-state index is 0.0182. The number of ether oxygens (including phenoxy) is 2. The number of fused-ring (bicyclic) bond motifs is 1. The summed E-state index contributed by atoms with van der Waals surface area (Å²) in [5.41, 5.74) is 11.5. The Morgan fingerprint density at radius 2 is 1.65 bits per heavy atom. The zero-order valence-electron chi connectivity index (χ0n) is 22.2. The number of hydrogen-bond acceptors (Lipinski definition) is 7. The van der Waals surface area contributed by atoms with E-state index in [-0.39, 0.29) is 36.8 Å². The number of sulfonamides is 1. The van der Waals surface area contributed by atoms with E-state index in [1.807, 2.05) is 0 Å². The quantitative estimate of drug-likeness (QED) is 0.127. The average Bonchev–Trinajstić information content (AvgIpc) is 2.92. The molecule has 214 valence electrons. The van der Waals surface area contributed by atoms with Gasteiger partial charge in [-0.25, -0.2) is 8.42 Å². The van der Waals surface area contributed by atoms with E-state index in [0.717, 1.165) is 10.3 Å². The Hall–Kier alpha value is -4.36. The van der Waals surface area contributed by atoms with Crippen molar-refractivity contribution in [3.63, 3.8) is 0 Å². The van der Waals surface area contributed by atoms with Crippen LogP contribution in [0.5, 0.6) is 11.5 Å². The minimum atomic E-state index is -4.22. The topological polar surface area (TPSA) is 187 Å². The molecule has 0 radical (unpaired) electrons. The highest BCUT2D eigenvalue weighted by Gasteiger charge is 2.30. The van der Waals surface area contributed by atoms with Gasteiger partial charge in [0.05, 0.1) is 19.1 Å². The molecule has 6 N–H and O–H groups in total. The lowest BCUT2D eigenvalue weighted by Crippen LogP contribution is -2.49. The average molecular weight is 572 g/mol. The highest BCUT2D eigenvalue weighted by Crippen LogP contribution is 2.33. The zero-order chi connectivity index (χ0) is 29.3. The van der Waals surface area contributed by atoms with Gasteiger partial charge in [0, 0.05) is 13.1 Å². The van der Waals surface area contributed by atoms with Gasteiger partial charge in [0.1, 0.15) is 12.6 Å². The van der Waals surface area contributed by atoms with Crippen molar-refractivity contribution < 1.29 is 32.6 Å². The Bertz CT molecular complexity index is 1480. The number of guanidine groups is 1. The molecule has 13 heteroatoms. The van der Waals surface area contributed by atoms with E-state index in [9.17, 15) is 23.1 Å². The van der Waals surface area contributed by atoms with Crippen LogP contribution >= 0.6 is 0 Å². The van der Waals surface area contributed by atoms with Crippen molar-refractivity contribution in [1.29, 1.82) is 0 Å². The molecule has 40 heavy (non-hydrogen) atoms. The molecule has 0 aliphatic heterocycles. The van der Waals surface area contributed by atoms with Crippen molar-refractivity contribution in [2.24, 2.45) is 16.5 Å². The molecule has 1 amide bonds. The Labute approximate surface area is 232 Å². The summed E-state index contributed by atoms with van der Waals surface area (Å²) >= 11 is 0. The Balaban J connectivity index is 1.94. The van der Waals surface area contributed by atoms with Crippen LogP contribution in [0.3, 0.4) is 0 Å². The van der Waals surface area contributed by atoms with Crippen molar-refractivity contribution in [3.05, 3.63) is 66.2 Å². The summed E-state index contributed by atoms with van der Waals surface area (Å²) in [4.78, 5) is 30.1. The number of amides is 1. The fourth-order valence-corrected chi connectivity index (χ4v) is 5.37. The number of carboxylic acid groups (broad SMARTS) is 1. The zero-order valence-corrected chi connectivity index (χ0v) is 23.1. The summed E-state index contributed by atoms with van der Waals surface area (Å²) in [6.07, 6.45) is 0.288. The maximum absolute atomic E-state index is 13.6. The van der Waals surface area contributed by atoms with Crippen LogP contribution in [-0.4, -0.2) is 69.6 Å². The predicted molar refractivity (Wildman–Crippen MR) is 151 cm³/mol. The van der Waals surface area contributed by atoms with E-state index in [1.165, 1.54) is 26.4 Å². The first-order chi connectivity index (χ1) is 19.0. The van der Waals surface area contributed by atoms with E-state index in [2.05, 4.69) is 9.71 Å². The van der Waals surface area contributed by atoms with Crippen LogP contribution in [-0.2, 0) is 26.2 Å². The molecule has 0 bridgehead atoms. The Morgan fingerprint density at radius 3 is 2.25 bits per heavy atom. The van der Waals surface area contributed by atoms with Crippen molar-refractivity contribution in [3.8, 4) is 11.5 Å². The van der Waals surface area contributed by atoms with Crippen LogP contribution in [0.4, 0.5) is 0 Å². The molecule has 3 rings (SSSR count). The van der Waals surface area contributed by atoms with Crippen LogP contribution in [0.25, 0.3) is 10.8 Å². The second kappa shape index (κ2) is 13.6. The summed E-state index contributed by atoms with van der Waals surface area (Å²) in [5, 5.41) is 10.8.